The van der Waals surface area contributed by atoms with E-state index in [1.54, 1.807) is 0 Å². The first-order chi connectivity index (χ1) is 7.68. The molecule has 1 fully saturated rings. The van der Waals surface area contributed by atoms with E-state index >= 15 is 0 Å². The highest BCUT2D eigenvalue weighted by Gasteiger charge is 2.34. The Kier molecular flexibility index (Phi) is 4.99. The van der Waals surface area contributed by atoms with Crippen molar-refractivity contribution >= 4 is 0 Å². The second-order valence-electron chi connectivity index (χ2n) is 6.98. The van der Waals surface area contributed by atoms with Gasteiger partial charge in [0.25, 0.3) is 0 Å². The highest BCUT2D eigenvalue weighted by molar-refractivity contribution is 4.88. The Morgan fingerprint density at radius 2 is 1.59 bits per heavy atom. The van der Waals surface area contributed by atoms with Crippen LogP contribution in [0.2, 0.25) is 0 Å². The number of likely N-dealkylation sites (tertiary alicyclic amines) is 1. The van der Waals surface area contributed by atoms with Crippen LogP contribution in [-0.2, 0) is 9.47 Å². The first-order valence-electron chi connectivity index (χ1n) is 6.65. The lowest BCUT2D eigenvalue weighted by Crippen LogP contribution is -2.57. The average molecular weight is 243 g/mol. The van der Waals surface area contributed by atoms with Gasteiger partial charge in [0.2, 0.25) is 0 Å². The predicted octanol–water partition coefficient (Wildman–Crippen LogP) is 2.55. The van der Waals surface area contributed by atoms with Gasteiger partial charge in [-0.25, -0.2) is 0 Å². The first kappa shape index (κ1) is 14.9. The zero-order valence-corrected chi connectivity index (χ0v) is 12.4. The van der Waals surface area contributed by atoms with Crippen LogP contribution in [0.5, 0.6) is 0 Å². The van der Waals surface area contributed by atoms with Gasteiger partial charge in [-0.15, -0.1) is 0 Å². The van der Waals surface area contributed by atoms with Gasteiger partial charge in [-0.3, -0.25) is 4.90 Å². The van der Waals surface area contributed by atoms with Crippen LogP contribution >= 0.6 is 0 Å². The minimum atomic E-state index is -0.0527. The summed E-state index contributed by atoms with van der Waals surface area (Å²) in [7, 11) is 0. The predicted molar refractivity (Wildman–Crippen MR) is 71.3 cm³/mol. The maximum absolute atomic E-state index is 5.64. The number of rotatable bonds is 5. The molecule has 1 saturated heterocycles. The highest BCUT2D eigenvalue weighted by atomic mass is 16.5. The molecule has 3 heteroatoms. The van der Waals surface area contributed by atoms with Gasteiger partial charge in [-0.1, -0.05) is 0 Å². The highest BCUT2D eigenvalue weighted by Crippen LogP contribution is 2.25. The fourth-order valence-corrected chi connectivity index (χ4v) is 1.88. The largest absolute Gasteiger partial charge is 0.379 e. The minimum absolute atomic E-state index is 0.0527. The van der Waals surface area contributed by atoms with Crippen molar-refractivity contribution in [1.82, 2.24) is 4.90 Å². The second-order valence-corrected chi connectivity index (χ2v) is 6.98. The van der Waals surface area contributed by atoms with Crippen molar-refractivity contribution in [3.8, 4) is 0 Å². The summed E-state index contributed by atoms with van der Waals surface area (Å²) in [4.78, 5) is 2.49. The van der Waals surface area contributed by atoms with E-state index in [1.165, 1.54) is 13.1 Å². The molecule has 0 aromatic rings. The van der Waals surface area contributed by atoms with Gasteiger partial charge in [-0.2, -0.15) is 0 Å². The lowest BCUT2D eigenvalue weighted by Gasteiger charge is -2.47. The van der Waals surface area contributed by atoms with Gasteiger partial charge in [0.15, 0.2) is 0 Å². The SMILES string of the molecule is CC(C)(C)OCCOCC1CN(C(C)(C)C)C1. The zero-order chi connectivity index (χ0) is 13.1. The van der Waals surface area contributed by atoms with Gasteiger partial charge < -0.3 is 9.47 Å². The third kappa shape index (κ3) is 5.84. The summed E-state index contributed by atoms with van der Waals surface area (Å²) in [6.45, 7) is 17.6. The van der Waals surface area contributed by atoms with Crippen LogP contribution in [0.25, 0.3) is 0 Å². The zero-order valence-electron chi connectivity index (χ0n) is 12.4. The van der Waals surface area contributed by atoms with Crippen LogP contribution in [0.15, 0.2) is 0 Å². The van der Waals surface area contributed by atoms with Crippen molar-refractivity contribution in [3.05, 3.63) is 0 Å². The van der Waals surface area contributed by atoms with E-state index in [2.05, 4.69) is 46.4 Å². The van der Waals surface area contributed by atoms with Crippen LogP contribution < -0.4 is 0 Å². The molecule has 0 N–H and O–H groups in total. The molecule has 0 unspecified atom stereocenters. The maximum Gasteiger partial charge on any atom is 0.0707 e. The topological polar surface area (TPSA) is 21.7 Å². The summed E-state index contributed by atoms with van der Waals surface area (Å²) >= 11 is 0. The molecule has 0 spiro atoms. The Balaban J connectivity index is 1.97. The van der Waals surface area contributed by atoms with Gasteiger partial charge in [0, 0.05) is 24.5 Å². The monoisotopic (exact) mass is 243 g/mol. The summed E-state index contributed by atoms with van der Waals surface area (Å²) in [6, 6.07) is 0. The van der Waals surface area contributed by atoms with Gasteiger partial charge >= 0.3 is 0 Å². The first-order valence-corrected chi connectivity index (χ1v) is 6.65. The summed E-state index contributed by atoms with van der Waals surface area (Å²) in [6.07, 6.45) is 0. The Hall–Kier alpha value is -0.120. The summed E-state index contributed by atoms with van der Waals surface area (Å²) in [5.74, 6) is 0.712. The third-order valence-corrected chi connectivity index (χ3v) is 3.02. The number of ether oxygens (including phenoxy) is 2. The summed E-state index contributed by atoms with van der Waals surface area (Å²) in [5.41, 5.74) is 0.259. The molecule has 0 aliphatic carbocycles. The summed E-state index contributed by atoms with van der Waals surface area (Å²) in [5, 5.41) is 0. The van der Waals surface area contributed by atoms with E-state index in [-0.39, 0.29) is 5.60 Å². The Bertz CT molecular complexity index is 221. The Morgan fingerprint density at radius 1 is 1.00 bits per heavy atom. The quantitative estimate of drug-likeness (QED) is 0.693. The van der Waals surface area contributed by atoms with Crippen LogP contribution in [0, 0.1) is 5.92 Å². The lowest BCUT2D eigenvalue weighted by atomic mass is 9.93. The van der Waals surface area contributed by atoms with E-state index in [0.29, 0.717) is 24.7 Å². The van der Waals surface area contributed by atoms with Crippen molar-refractivity contribution in [2.24, 2.45) is 5.92 Å². The third-order valence-electron chi connectivity index (χ3n) is 3.02. The molecular weight excluding hydrogens is 214 g/mol. The molecule has 0 saturated carbocycles. The number of hydrogen-bond donors (Lipinski definition) is 0. The maximum atomic E-state index is 5.64. The van der Waals surface area contributed by atoms with E-state index in [4.69, 9.17) is 9.47 Å². The molecule has 17 heavy (non-hydrogen) atoms. The van der Waals surface area contributed by atoms with Crippen molar-refractivity contribution in [2.75, 3.05) is 32.9 Å². The van der Waals surface area contributed by atoms with Crippen molar-refractivity contribution < 1.29 is 9.47 Å². The molecule has 0 atom stereocenters. The number of hydrogen-bond acceptors (Lipinski definition) is 3. The van der Waals surface area contributed by atoms with E-state index in [1.807, 2.05) is 0 Å². The number of nitrogens with zero attached hydrogens (tertiary/aromatic N) is 1. The van der Waals surface area contributed by atoms with E-state index in [9.17, 15) is 0 Å². The molecule has 0 bridgehead atoms. The Labute approximate surface area is 106 Å². The van der Waals surface area contributed by atoms with Gasteiger partial charge in [0.1, 0.15) is 0 Å². The lowest BCUT2D eigenvalue weighted by molar-refractivity contribution is -0.0629. The fraction of sp³-hybridized carbons (Fsp3) is 1.00. The molecule has 1 heterocycles. The second kappa shape index (κ2) is 5.68. The Morgan fingerprint density at radius 3 is 2.06 bits per heavy atom. The van der Waals surface area contributed by atoms with Crippen molar-refractivity contribution in [3.63, 3.8) is 0 Å². The molecule has 0 radical (unpaired) electrons. The standard InChI is InChI=1S/C14H29NO2/c1-13(2,3)15-9-12(10-15)11-16-7-8-17-14(4,5)6/h12H,7-11H2,1-6H3. The molecule has 1 aliphatic rings. The van der Waals surface area contributed by atoms with Crippen LogP contribution in [0.3, 0.4) is 0 Å². The van der Waals surface area contributed by atoms with Crippen molar-refractivity contribution in [2.45, 2.75) is 52.7 Å². The molecule has 0 aromatic carbocycles. The normalized spacial score (nSPS) is 19.4. The van der Waals surface area contributed by atoms with Crippen LogP contribution in [0.4, 0.5) is 0 Å². The minimum Gasteiger partial charge on any atom is -0.379 e. The fourth-order valence-electron chi connectivity index (χ4n) is 1.88. The molecule has 1 rings (SSSR count). The van der Waals surface area contributed by atoms with Gasteiger partial charge in [0.05, 0.1) is 25.4 Å². The average Bonchev–Trinajstić information content (AvgIpc) is 2.02. The molecule has 3 nitrogen and oxygen atoms in total. The molecule has 102 valence electrons. The van der Waals surface area contributed by atoms with Crippen molar-refractivity contribution in [1.29, 1.82) is 0 Å². The van der Waals surface area contributed by atoms with Crippen LogP contribution in [0.1, 0.15) is 41.5 Å². The smallest absolute Gasteiger partial charge is 0.0707 e. The van der Waals surface area contributed by atoms with Gasteiger partial charge in [-0.05, 0) is 41.5 Å². The molecular formula is C14H29NO2. The molecule has 0 amide bonds. The molecule has 0 aromatic heterocycles. The molecule has 1 aliphatic heterocycles. The van der Waals surface area contributed by atoms with E-state index < -0.39 is 0 Å². The van der Waals surface area contributed by atoms with Crippen LogP contribution in [-0.4, -0.2) is 49.0 Å². The summed E-state index contributed by atoms with van der Waals surface area (Å²) < 4.78 is 11.2. The van der Waals surface area contributed by atoms with E-state index in [0.717, 1.165) is 6.61 Å².